The molecule has 0 aliphatic heterocycles. The average Bonchev–Trinajstić information content (AvgIpc) is 2.63. The molecule has 176 valence electrons. The molecule has 0 bridgehead atoms. The Hall–Kier alpha value is -0.870. The molecule has 31 heavy (non-hydrogen) atoms. The first-order chi connectivity index (χ1) is 14.3. The lowest BCUT2D eigenvalue weighted by atomic mass is 10.1. The zero-order chi connectivity index (χ0) is 23.7. The molecule has 1 aromatic heterocycles. The summed E-state index contributed by atoms with van der Waals surface area (Å²) in [5.74, 6) is 0. The van der Waals surface area contributed by atoms with Gasteiger partial charge in [-0.25, -0.2) is 9.13 Å². The highest BCUT2D eigenvalue weighted by atomic mass is 79.9. The molecule has 13 heteroatoms. The van der Waals surface area contributed by atoms with Crippen LogP contribution >= 0.6 is 31.6 Å². The summed E-state index contributed by atoms with van der Waals surface area (Å²) in [6.45, 7) is 10.2. The minimum Gasteiger partial charge on any atom is -0.382 e. The van der Waals surface area contributed by atoms with Gasteiger partial charge in [-0.1, -0.05) is 29.8 Å². The standard InChI is InChI=1S/C18H26BrN3.H4O7P2/c1-4-22(5-2)12-6-7-14(3)21-17-10-11-20-18-13-15(19)8-9-16(17)18;1-8(2,3)7-9(4,5)6/h8-11,13-14H,4-7,12H2,1-3H3,(H,20,21);(H2,1,2,3)(H2,4,5,6). The molecule has 2 rings (SSSR count). The largest absolute Gasteiger partial charge is 0.478 e. The Bertz CT molecular complexity index is 898. The van der Waals surface area contributed by atoms with Gasteiger partial charge in [0.25, 0.3) is 0 Å². The summed E-state index contributed by atoms with van der Waals surface area (Å²) in [7, 11) is -10.1. The van der Waals surface area contributed by atoms with E-state index in [0.29, 0.717) is 6.04 Å². The average molecular weight is 542 g/mol. The third-order valence-corrected chi connectivity index (χ3v) is 6.52. The van der Waals surface area contributed by atoms with Crippen molar-refractivity contribution in [2.24, 2.45) is 0 Å². The summed E-state index contributed by atoms with van der Waals surface area (Å²) >= 11 is 3.50. The Morgan fingerprint density at radius 1 is 1.13 bits per heavy atom. The van der Waals surface area contributed by atoms with E-state index in [1.54, 1.807) is 0 Å². The summed E-state index contributed by atoms with van der Waals surface area (Å²) < 4.78 is 23.3. The van der Waals surface area contributed by atoms with Crippen molar-refractivity contribution in [3.63, 3.8) is 0 Å². The molecule has 2 aromatic rings. The minimum atomic E-state index is -5.05. The van der Waals surface area contributed by atoms with Gasteiger partial charge < -0.3 is 29.8 Å². The second kappa shape index (κ2) is 13.0. The number of nitrogens with zero attached hydrogens (tertiary/aromatic N) is 2. The maximum absolute atomic E-state index is 9.63. The highest BCUT2D eigenvalue weighted by Crippen LogP contribution is 2.53. The molecule has 0 fully saturated rings. The number of hydrogen-bond donors (Lipinski definition) is 5. The van der Waals surface area contributed by atoms with Crippen LogP contribution in [0.3, 0.4) is 0 Å². The quantitative estimate of drug-likeness (QED) is 0.278. The monoisotopic (exact) mass is 541 g/mol. The molecule has 0 saturated carbocycles. The number of pyridine rings is 1. The predicted octanol–water partition coefficient (Wildman–Crippen LogP) is 4.11. The number of nitrogens with one attached hydrogen (secondary N) is 1. The third-order valence-electron chi connectivity index (χ3n) is 4.33. The van der Waals surface area contributed by atoms with Crippen LogP contribution in [0.1, 0.15) is 33.6 Å². The lowest BCUT2D eigenvalue weighted by molar-refractivity contribution is 0.225. The summed E-state index contributed by atoms with van der Waals surface area (Å²) in [5.41, 5.74) is 2.20. The van der Waals surface area contributed by atoms with Crippen LogP contribution in [0.15, 0.2) is 34.9 Å². The number of halogens is 1. The van der Waals surface area contributed by atoms with Gasteiger partial charge in [-0.3, -0.25) is 4.98 Å². The van der Waals surface area contributed by atoms with E-state index in [0.717, 1.165) is 23.1 Å². The molecular formula is C18H30BrN3O7P2. The molecule has 1 heterocycles. The Balaban J connectivity index is 0.000000452. The summed E-state index contributed by atoms with van der Waals surface area (Å²) in [4.78, 5) is 37.9. The molecule has 1 unspecified atom stereocenters. The maximum atomic E-state index is 9.63. The van der Waals surface area contributed by atoms with E-state index in [9.17, 15) is 9.13 Å². The van der Waals surface area contributed by atoms with E-state index in [1.807, 2.05) is 6.20 Å². The first-order valence-corrected chi connectivity index (χ1v) is 13.6. The normalized spacial score (nSPS) is 13.1. The Morgan fingerprint density at radius 2 is 1.74 bits per heavy atom. The smallest absolute Gasteiger partial charge is 0.382 e. The summed E-state index contributed by atoms with van der Waals surface area (Å²) in [6.07, 6.45) is 4.28. The van der Waals surface area contributed by atoms with Crippen molar-refractivity contribution < 1.29 is 33.0 Å². The number of rotatable bonds is 10. The second-order valence-corrected chi connectivity index (χ2v) is 10.3. The number of phosphoric acid groups is 2. The Morgan fingerprint density at radius 3 is 2.26 bits per heavy atom. The molecule has 0 aliphatic rings. The number of anilines is 1. The molecule has 1 aromatic carbocycles. The van der Waals surface area contributed by atoms with Gasteiger partial charge in [0.05, 0.1) is 5.52 Å². The van der Waals surface area contributed by atoms with Crippen molar-refractivity contribution in [3.8, 4) is 0 Å². The topological polar surface area (TPSA) is 152 Å². The van der Waals surface area contributed by atoms with Gasteiger partial charge in [0, 0.05) is 27.8 Å². The van der Waals surface area contributed by atoms with Gasteiger partial charge in [0.1, 0.15) is 0 Å². The zero-order valence-corrected chi connectivity index (χ0v) is 21.1. The molecule has 0 saturated heterocycles. The molecule has 5 N–H and O–H groups in total. The van der Waals surface area contributed by atoms with Crippen LogP contribution in [0.25, 0.3) is 10.9 Å². The van der Waals surface area contributed by atoms with Crippen molar-refractivity contribution >= 4 is 48.2 Å². The lowest BCUT2D eigenvalue weighted by Crippen LogP contribution is -2.25. The SMILES string of the molecule is CCN(CC)CCCC(C)Nc1ccnc2cc(Br)ccc12.O=P(O)(O)OP(=O)(O)O. The van der Waals surface area contributed by atoms with Crippen LogP contribution in [0.5, 0.6) is 0 Å². The van der Waals surface area contributed by atoms with Crippen LogP contribution in [0.4, 0.5) is 5.69 Å². The Kier molecular flexibility index (Phi) is 11.8. The third kappa shape index (κ3) is 12.1. The fraction of sp³-hybridized carbons (Fsp3) is 0.500. The molecule has 0 aliphatic carbocycles. The lowest BCUT2D eigenvalue weighted by Gasteiger charge is -2.20. The number of aromatic nitrogens is 1. The van der Waals surface area contributed by atoms with E-state index in [1.165, 1.54) is 30.5 Å². The van der Waals surface area contributed by atoms with Crippen LogP contribution in [0.2, 0.25) is 0 Å². The fourth-order valence-corrected chi connectivity index (χ4v) is 4.34. The highest BCUT2D eigenvalue weighted by Gasteiger charge is 2.27. The van der Waals surface area contributed by atoms with Gasteiger partial charge >= 0.3 is 15.6 Å². The highest BCUT2D eigenvalue weighted by molar-refractivity contribution is 9.10. The molecule has 1 atom stereocenters. The summed E-state index contributed by atoms with van der Waals surface area (Å²) in [6, 6.07) is 8.78. The van der Waals surface area contributed by atoms with E-state index >= 15 is 0 Å². The van der Waals surface area contributed by atoms with Crippen molar-refractivity contribution in [2.45, 2.75) is 39.7 Å². The maximum Gasteiger partial charge on any atom is 0.478 e. The van der Waals surface area contributed by atoms with Crippen LogP contribution in [-0.4, -0.2) is 55.1 Å². The van der Waals surface area contributed by atoms with Gasteiger partial charge in [-0.2, -0.15) is 4.31 Å². The van der Waals surface area contributed by atoms with Crippen LogP contribution in [0, 0.1) is 0 Å². The first-order valence-electron chi connectivity index (χ1n) is 9.70. The van der Waals surface area contributed by atoms with E-state index in [4.69, 9.17) is 19.6 Å². The van der Waals surface area contributed by atoms with Gasteiger partial charge in [0.15, 0.2) is 0 Å². The molecular weight excluding hydrogens is 512 g/mol. The number of benzene rings is 1. The number of fused-ring (bicyclic) bond motifs is 1. The fourth-order valence-electron chi connectivity index (χ4n) is 2.88. The van der Waals surface area contributed by atoms with E-state index in [-0.39, 0.29) is 0 Å². The zero-order valence-electron chi connectivity index (χ0n) is 17.7. The van der Waals surface area contributed by atoms with Crippen LogP contribution < -0.4 is 5.32 Å². The molecule has 0 amide bonds. The first kappa shape index (κ1) is 28.2. The van der Waals surface area contributed by atoms with Crippen molar-refractivity contribution in [2.75, 3.05) is 25.0 Å². The van der Waals surface area contributed by atoms with Crippen molar-refractivity contribution in [1.29, 1.82) is 0 Å². The van der Waals surface area contributed by atoms with Crippen molar-refractivity contribution in [3.05, 3.63) is 34.9 Å². The van der Waals surface area contributed by atoms with Crippen LogP contribution in [-0.2, 0) is 13.4 Å². The summed E-state index contributed by atoms with van der Waals surface area (Å²) in [5, 5.41) is 4.82. The van der Waals surface area contributed by atoms with Gasteiger partial charge in [-0.15, -0.1) is 0 Å². The number of hydrogen-bond acceptors (Lipinski definition) is 6. The van der Waals surface area contributed by atoms with E-state index in [2.05, 4.69) is 80.5 Å². The molecule has 0 radical (unpaired) electrons. The van der Waals surface area contributed by atoms with Crippen molar-refractivity contribution in [1.82, 2.24) is 9.88 Å². The minimum absolute atomic E-state index is 0.463. The van der Waals surface area contributed by atoms with Gasteiger partial charge in [-0.05, 0) is 63.7 Å². The Labute approximate surface area is 190 Å². The predicted molar refractivity (Wildman–Crippen MR) is 125 cm³/mol. The van der Waals surface area contributed by atoms with E-state index < -0.39 is 15.6 Å². The molecule has 10 nitrogen and oxygen atoms in total. The van der Waals surface area contributed by atoms with Gasteiger partial charge in [0.2, 0.25) is 0 Å². The second-order valence-electron chi connectivity index (χ2n) is 6.80. The molecule has 0 spiro atoms.